The molecule has 0 rings (SSSR count). The second kappa shape index (κ2) is 24.1. The van der Waals surface area contributed by atoms with Crippen LogP contribution in [0.1, 0.15) is 42.0 Å². The minimum Gasteiger partial charge on any atom is -0.389 e. The molecule has 0 unspecified atom stereocenters. The van der Waals surface area contributed by atoms with E-state index >= 15 is 0 Å². The van der Waals surface area contributed by atoms with Gasteiger partial charge < -0.3 is 4.46 Å². The molecule has 0 saturated heterocycles. The number of hydrogen-bond donors (Lipinski definition) is 0. The number of rotatable bonds is 1. The first-order chi connectivity index (χ1) is 6.83. The molecule has 0 N–H and O–H groups in total. The van der Waals surface area contributed by atoms with Crippen LogP contribution in [-0.2, 0) is 4.46 Å². The molecule has 0 aliphatic carbocycles. The lowest BCUT2D eigenvalue weighted by Gasteiger charge is -1.96. The molecule has 16 heavy (non-hydrogen) atoms. The molecule has 0 amide bonds. The van der Waals surface area contributed by atoms with Crippen LogP contribution in [0.2, 0.25) is 32.2 Å². The van der Waals surface area contributed by atoms with Crippen LogP contribution in [0, 0.1) is 11.0 Å². The third-order valence-electron chi connectivity index (χ3n) is 0.833. The summed E-state index contributed by atoms with van der Waals surface area (Å²) in [7, 11) is -2.45. The van der Waals surface area contributed by atoms with Crippen molar-refractivity contribution in [2.24, 2.45) is 0 Å². The van der Waals surface area contributed by atoms with Gasteiger partial charge in [0.25, 0.3) is 8.68 Å². The van der Waals surface area contributed by atoms with Crippen molar-refractivity contribution < 1.29 is 4.46 Å². The normalized spacial score (nSPS) is 7.00. The lowest BCUT2D eigenvalue weighted by atomic mass is 11.0. The van der Waals surface area contributed by atoms with Gasteiger partial charge in [-0.25, -0.2) is 5.26 Å². The van der Waals surface area contributed by atoms with Crippen molar-refractivity contribution in [1.29, 1.82) is 5.26 Å². The molecule has 2 nitrogen and oxygen atoms in total. The van der Waals surface area contributed by atoms with Crippen molar-refractivity contribution >= 4 is 16.8 Å². The maximum absolute atomic E-state index is 10.00. The fourth-order valence-electron chi connectivity index (χ4n) is 0. The van der Waals surface area contributed by atoms with Gasteiger partial charge in [0, 0.05) is 5.69 Å². The van der Waals surface area contributed by atoms with Crippen molar-refractivity contribution in [3.63, 3.8) is 0 Å². The molecule has 0 aliphatic rings. The van der Waals surface area contributed by atoms with E-state index in [1.165, 1.54) is 0 Å². The average molecular weight is 264 g/mol. The van der Waals surface area contributed by atoms with E-state index in [1.807, 2.05) is 54.3 Å². The summed E-state index contributed by atoms with van der Waals surface area (Å²) in [5, 5.41) is 8.21. The highest BCUT2D eigenvalue weighted by atomic mass is 28.3. The first kappa shape index (κ1) is 29.6. The van der Waals surface area contributed by atoms with Gasteiger partial charge in [0.05, 0.1) is 0 Å². The van der Waals surface area contributed by atoms with Gasteiger partial charge in [0.2, 0.25) is 0 Å². The summed E-state index contributed by atoms with van der Waals surface area (Å²) in [5.41, 5.74) is 2.24. The molecule has 0 aromatic carbocycles. The summed E-state index contributed by atoms with van der Waals surface area (Å²) in [6, 6.07) is 0.852. The molecule has 0 spiro atoms. The Morgan fingerprint density at radius 3 is 1.25 bits per heavy atom. The molecular weight excluding hydrogens is 230 g/mol. The van der Waals surface area contributed by atoms with Gasteiger partial charge in [-0.2, -0.15) is 0 Å². The Morgan fingerprint density at radius 1 is 1.12 bits per heavy atom. The lowest BCUT2D eigenvalue weighted by molar-refractivity contribution is 0.565. The number of nitriles is 1. The van der Waals surface area contributed by atoms with Crippen LogP contribution < -0.4 is 0 Å². The zero-order valence-corrected chi connectivity index (χ0v) is 14.1. The molecular formula is C12H33NOSi2. The fourth-order valence-corrected chi connectivity index (χ4v) is 0. The molecule has 0 bridgehead atoms. The first-order valence-corrected chi connectivity index (χ1v) is 11.4. The highest BCUT2D eigenvalue weighted by Gasteiger charge is 2.09. The maximum atomic E-state index is 10.00. The van der Waals surface area contributed by atoms with Crippen molar-refractivity contribution in [3.05, 3.63) is 0 Å². The van der Waals surface area contributed by atoms with Crippen LogP contribution in [0.3, 0.4) is 0 Å². The Morgan fingerprint density at radius 2 is 1.25 bits per heavy atom. The van der Waals surface area contributed by atoms with E-state index in [-0.39, 0.29) is 7.43 Å². The quantitative estimate of drug-likeness (QED) is 0.615. The lowest BCUT2D eigenvalue weighted by Crippen LogP contribution is -2.15. The average Bonchev–Trinajstić information content (AvgIpc) is 2.23. The van der Waals surface area contributed by atoms with Crippen molar-refractivity contribution in [1.82, 2.24) is 0 Å². The molecule has 0 fully saturated rings. The molecule has 0 saturated carbocycles. The second-order valence-electron chi connectivity index (χ2n) is 3.42. The smallest absolute Gasteiger partial charge is 0.273 e. The predicted octanol–water partition coefficient (Wildman–Crippen LogP) is 5.13. The largest absolute Gasteiger partial charge is 0.389 e. The molecule has 0 atom stereocenters. The van der Waals surface area contributed by atoms with Gasteiger partial charge >= 0.3 is 0 Å². The molecule has 0 aromatic rings. The van der Waals surface area contributed by atoms with Gasteiger partial charge in [-0.1, -0.05) is 61.7 Å². The van der Waals surface area contributed by atoms with Crippen LogP contribution in [0.4, 0.5) is 0 Å². The zero-order valence-electron chi connectivity index (χ0n) is 12.1. The fraction of sp³-hybridized carbons (Fsp3) is 0.917. The molecule has 100 valence electrons. The van der Waals surface area contributed by atoms with Crippen LogP contribution in [0.25, 0.3) is 0 Å². The summed E-state index contributed by atoms with van der Waals surface area (Å²) < 4.78 is 10.00. The summed E-state index contributed by atoms with van der Waals surface area (Å²) in [4.78, 5) is 0. The Hall–Kier alpha value is -0.276. The zero-order chi connectivity index (χ0) is 13.5. The van der Waals surface area contributed by atoms with Crippen molar-refractivity contribution in [3.8, 4) is 5.69 Å². The summed E-state index contributed by atoms with van der Waals surface area (Å²) in [5.74, 6) is 0. The maximum Gasteiger partial charge on any atom is 0.273 e. The minimum absolute atomic E-state index is 0. The van der Waals surface area contributed by atoms with Gasteiger partial charge in [-0.3, -0.25) is 0 Å². The van der Waals surface area contributed by atoms with E-state index in [2.05, 4.69) is 5.69 Å². The predicted molar refractivity (Wildman–Crippen MR) is 81.2 cm³/mol. The minimum atomic E-state index is -1.33. The molecule has 0 heterocycles. The number of hydrogen-bond acceptors (Lipinski definition) is 2. The van der Waals surface area contributed by atoms with Crippen LogP contribution >= 0.6 is 0 Å². The first-order valence-electron chi connectivity index (χ1n) is 5.74. The summed E-state index contributed by atoms with van der Waals surface area (Å²) in [6.07, 6.45) is 0. The van der Waals surface area contributed by atoms with Crippen LogP contribution in [0.15, 0.2) is 0 Å². The van der Waals surface area contributed by atoms with Crippen molar-refractivity contribution in [2.45, 2.75) is 74.3 Å². The second-order valence-corrected chi connectivity index (χ2v) is 10.3. The standard InChI is InChI=1S/C4H9NSi.C3H8OSi.2C2H6.CH4/c1-6(2,3)4-5;1-3-5(2)4;2*1-2;/h1-3H3;3H2,1-2H3;2*1-2H3;1H4. The topological polar surface area (TPSA) is 40.9 Å². The van der Waals surface area contributed by atoms with Crippen molar-refractivity contribution in [2.75, 3.05) is 0 Å². The molecule has 4 heteroatoms. The van der Waals surface area contributed by atoms with E-state index in [0.29, 0.717) is 0 Å². The third-order valence-corrected chi connectivity index (χ3v) is 2.50. The summed E-state index contributed by atoms with van der Waals surface area (Å²) in [6.45, 7) is 17.8. The van der Waals surface area contributed by atoms with E-state index in [9.17, 15) is 4.46 Å². The Balaban J connectivity index is -0.0000000369. The summed E-state index contributed by atoms with van der Waals surface area (Å²) >= 11 is 0. The molecule has 0 aromatic heterocycles. The SMILES string of the molecule is C.CC.CC.CC[Si](C)=O.C[Si](C)(C)C#N. The van der Waals surface area contributed by atoms with E-state index in [1.54, 1.807) is 6.55 Å². The Labute approximate surface area is 107 Å². The monoisotopic (exact) mass is 263 g/mol. The Bertz CT molecular complexity index is 157. The van der Waals surface area contributed by atoms with Gasteiger partial charge in [0.1, 0.15) is 0 Å². The van der Waals surface area contributed by atoms with Gasteiger partial charge in [-0.15, -0.1) is 0 Å². The van der Waals surface area contributed by atoms with E-state index < -0.39 is 16.8 Å². The number of nitrogens with zero attached hydrogens (tertiary/aromatic N) is 1. The van der Waals surface area contributed by atoms with E-state index in [0.717, 1.165) is 6.04 Å². The van der Waals surface area contributed by atoms with Gasteiger partial charge in [0.15, 0.2) is 8.07 Å². The molecule has 0 aliphatic heterocycles. The highest BCUT2D eigenvalue weighted by molar-refractivity contribution is 6.83. The highest BCUT2D eigenvalue weighted by Crippen LogP contribution is 1.94. The van der Waals surface area contributed by atoms with Crippen LogP contribution in [-0.4, -0.2) is 16.8 Å². The molecule has 0 radical (unpaired) electrons. The Kier molecular flexibility index (Phi) is 44.7. The van der Waals surface area contributed by atoms with E-state index in [4.69, 9.17) is 5.26 Å². The van der Waals surface area contributed by atoms with Crippen LogP contribution in [0.5, 0.6) is 0 Å². The van der Waals surface area contributed by atoms with Gasteiger partial charge in [-0.05, 0) is 12.6 Å². The third kappa shape index (κ3) is 99.6.